The van der Waals surface area contributed by atoms with Gasteiger partial charge < -0.3 is 5.73 Å². The predicted octanol–water partition coefficient (Wildman–Crippen LogP) is 2.05. The van der Waals surface area contributed by atoms with E-state index in [1.807, 2.05) is 0 Å². The summed E-state index contributed by atoms with van der Waals surface area (Å²) in [5, 5.41) is 0. The lowest BCUT2D eigenvalue weighted by molar-refractivity contribution is -0.223. The summed E-state index contributed by atoms with van der Waals surface area (Å²) in [6.07, 6.45) is -0.0312. The Kier molecular flexibility index (Phi) is 2.89. The highest BCUT2D eigenvalue weighted by molar-refractivity contribution is 5.85. The molecule has 1 fully saturated rings. The Hall–Kier alpha value is 0.110. The van der Waals surface area contributed by atoms with Crippen molar-refractivity contribution in [3.8, 4) is 0 Å². The summed E-state index contributed by atoms with van der Waals surface area (Å²) in [6.45, 7) is 3.53. The van der Waals surface area contributed by atoms with E-state index in [9.17, 15) is 8.78 Å². The molecule has 1 nitrogen and oxygen atoms in total. The van der Waals surface area contributed by atoms with Crippen molar-refractivity contribution >= 4 is 12.4 Å². The lowest BCUT2D eigenvalue weighted by Gasteiger charge is -2.51. The molecular weight excluding hydrogens is 172 g/mol. The Bertz CT molecular complexity index is 147. The molecule has 0 radical (unpaired) electrons. The lowest BCUT2D eigenvalue weighted by atomic mass is 9.59. The van der Waals surface area contributed by atoms with Gasteiger partial charge in [-0.3, -0.25) is 0 Å². The molecule has 2 N–H and O–H groups in total. The highest BCUT2D eigenvalue weighted by Crippen LogP contribution is 2.57. The monoisotopic (exact) mass is 185 g/mol. The molecule has 0 saturated heterocycles. The first-order valence-corrected chi connectivity index (χ1v) is 3.49. The molecule has 4 heteroatoms. The highest BCUT2D eigenvalue weighted by Gasteiger charge is 2.61. The van der Waals surface area contributed by atoms with Gasteiger partial charge in [0.25, 0.3) is 5.92 Å². The van der Waals surface area contributed by atoms with Crippen LogP contribution in [0, 0.1) is 11.3 Å². The third-order valence-corrected chi connectivity index (χ3v) is 2.75. The van der Waals surface area contributed by atoms with Crippen LogP contribution in [0.2, 0.25) is 0 Å². The summed E-state index contributed by atoms with van der Waals surface area (Å²) >= 11 is 0. The van der Waals surface area contributed by atoms with Gasteiger partial charge in [0.05, 0.1) is 0 Å². The Balaban J connectivity index is 0.000001000. The first-order chi connectivity index (χ1) is 4.42. The Labute approximate surface area is 71.7 Å². The SMILES string of the molecule is CC1(C)C(CN)CC1(F)F.Cl. The van der Waals surface area contributed by atoms with Crippen LogP contribution in [-0.2, 0) is 0 Å². The molecule has 1 aliphatic carbocycles. The normalized spacial score (nSPS) is 31.9. The summed E-state index contributed by atoms with van der Waals surface area (Å²) in [5.41, 5.74) is 4.42. The zero-order valence-electron chi connectivity index (χ0n) is 6.73. The Morgan fingerprint density at radius 3 is 2.00 bits per heavy atom. The molecule has 0 amide bonds. The van der Waals surface area contributed by atoms with E-state index in [2.05, 4.69) is 0 Å². The van der Waals surface area contributed by atoms with E-state index >= 15 is 0 Å². The summed E-state index contributed by atoms with van der Waals surface area (Å²) in [7, 11) is 0. The minimum absolute atomic E-state index is 0. The Morgan fingerprint density at radius 2 is 1.91 bits per heavy atom. The summed E-state index contributed by atoms with van der Waals surface area (Å²) in [5.74, 6) is -2.49. The number of halogens is 3. The van der Waals surface area contributed by atoms with Crippen molar-refractivity contribution in [1.29, 1.82) is 0 Å². The van der Waals surface area contributed by atoms with Crippen molar-refractivity contribution < 1.29 is 8.78 Å². The second-order valence-electron chi connectivity index (χ2n) is 3.56. The van der Waals surface area contributed by atoms with Crippen molar-refractivity contribution in [2.24, 2.45) is 17.1 Å². The topological polar surface area (TPSA) is 26.0 Å². The van der Waals surface area contributed by atoms with Crippen LogP contribution < -0.4 is 5.73 Å². The molecule has 0 aromatic heterocycles. The van der Waals surface area contributed by atoms with Crippen LogP contribution in [0.5, 0.6) is 0 Å². The van der Waals surface area contributed by atoms with E-state index in [1.165, 1.54) is 0 Å². The fraction of sp³-hybridized carbons (Fsp3) is 1.00. The molecular formula is C7H14ClF2N. The van der Waals surface area contributed by atoms with E-state index in [0.29, 0.717) is 6.54 Å². The maximum Gasteiger partial charge on any atom is 0.253 e. The van der Waals surface area contributed by atoms with Gasteiger partial charge in [0, 0.05) is 11.8 Å². The minimum atomic E-state index is -2.49. The lowest BCUT2D eigenvalue weighted by Crippen LogP contribution is -2.57. The predicted molar refractivity (Wildman–Crippen MR) is 43.1 cm³/mol. The zero-order valence-corrected chi connectivity index (χ0v) is 7.55. The fourth-order valence-corrected chi connectivity index (χ4v) is 1.37. The molecule has 1 atom stereocenters. The Morgan fingerprint density at radius 1 is 1.45 bits per heavy atom. The van der Waals surface area contributed by atoms with Crippen molar-refractivity contribution in [3.63, 3.8) is 0 Å². The molecule has 1 unspecified atom stereocenters. The molecule has 0 heterocycles. The second kappa shape index (κ2) is 2.87. The maximum atomic E-state index is 12.7. The number of nitrogens with two attached hydrogens (primary N) is 1. The van der Waals surface area contributed by atoms with Crippen LogP contribution in [-0.4, -0.2) is 12.5 Å². The van der Waals surface area contributed by atoms with Gasteiger partial charge in [-0.05, 0) is 12.5 Å². The number of hydrogen-bond acceptors (Lipinski definition) is 1. The van der Waals surface area contributed by atoms with Gasteiger partial charge in [0.1, 0.15) is 0 Å². The summed E-state index contributed by atoms with van der Waals surface area (Å²) < 4.78 is 25.4. The van der Waals surface area contributed by atoms with E-state index in [4.69, 9.17) is 5.73 Å². The van der Waals surface area contributed by atoms with Crippen molar-refractivity contribution in [2.45, 2.75) is 26.2 Å². The molecule has 68 valence electrons. The standard InChI is InChI=1S/C7H13F2N.ClH/c1-6(2)5(4-10)3-7(6,8)9;/h5H,3-4,10H2,1-2H3;1H. The fourth-order valence-electron chi connectivity index (χ4n) is 1.37. The number of alkyl halides is 2. The van der Waals surface area contributed by atoms with Crippen LogP contribution in [0.4, 0.5) is 8.78 Å². The van der Waals surface area contributed by atoms with Gasteiger partial charge in [-0.25, -0.2) is 8.78 Å². The van der Waals surface area contributed by atoms with E-state index in [0.717, 1.165) is 0 Å². The van der Waals surface area contributed by atoms with Crippen molar-refractivity contribution in [2.75, 3.05) is 6.54 Å². The van der Waals surface area contributed by atoms with Crippen LogP contribution in [0.1, 0.15) is 20.3 Å². The van der Waals surface area contributed by atoms with Gasteiger partial charge >= 0.3 is 0 Å². The third kappa shape index (κ3) is 1.36. The van der Waals surface area contributed by atoms with Crippen LogP contribution >= 0.6 is 12.4 Å². The van der Waals surface area contributed by atoms with Crippen LogP contribution in [0.3, 0.4) is 0 Å². The average Bonchev–Trinajstić information content (AvgIpc) is 1.83. The zero-order chi connectivity index (χ0) is 7.99. The average molecular weight is 186 g/mol. The van der Waals surface area contributed by atoms with Gasteiger partial charge in [0.15, 0.2) is 0 Å². The van der Waals surface area contributed by atoms with Crippen molar-refractivity contribution in [1.82, 2.24) is 0 Å². The summed E-state index contributed by atoms with van der Waals surface area (Å²) in [4.78, 5) is 0. The van der Waals surface area contributed by atoms with Crippen LogP contribution in [0.15, 0.2) is 0 Å². The van der Waals surface area contributed by atoms with E-state index in [-0.39, 0.29) is 24.7 Å². The molecule has 1 aliphatic rings. The van der Waals surface area contributed by atoms with Crippen molar-refractivity contribution in [3.05, 3.63) is 0 Å². The van der Waals surface area contributed by atoms with Crippen LogP contribution in [0.25, 0.3) is 0 Å². The smallest absolute Gasteiger partial charge is 0.253 e. The number of hydrogen-bond donors (Lipinski definition) is 1. The quantitative estimate of drug-likeness (QED) is 0.665. The summed E-state index contributed by atoms with van der Waals surface area (Å²) in [6, 6.07) is 0. The second-order valence-corrected chi connectivity index (χ2v) is 3.56. The van der Waals surface area contributed by atoms with Gasteiger partial charge in [-0.1, -0.05) is 13.8 Å². The van der Waals surface area contributed by atoms with E-state index < -0.39 is 11.3 Å². The molecule has 0 aliphatic heterocycles. The molecule has 0 aromatic rings. The van der Waals surface area contributed by atoms with Gasteiger partial charge in [-0.15, -0.1) is 12.4 Å². The largest absolute Gasteiger partial charge is 0.330 e. The maximum absolute atomic E-state index is 12.7. The molecule has 11 heavy (non-hydrogen) atoms. The van der Waals surface area contributed by atoms with Gasteiger partial charge in [-0.2, -0.15) is 0 Å². The van der Waals surface area contributed by atoms with E-state index in [1.54, 1.807) is 13.8 Å². The highest BCUT2D eigenvalue weighted by atomic mass is 35.5. The molecule has 0 spiro atoms. The van der Waals surface area contributed by atoms with Gasteiger partial charge in [0.2, 0.25) is 0 Å². The minimum Gasteiger partial charge on any atom is -0.330 e. The molecule has 1 saturated carbocycles. The number of rotatable bonds is 1. The molecule has 0 aromatic carbocycles. The molecule has 1 rings (SSSR count). The third-order valence-electron chi connectivity index (χ3n) is 2.75. The molecule has 0 bridgehead atoms. The first kappa shape index (κ1) is 11.1. The first-order valence-electron chi connectivity index (χ1n) is 3.49.